The number of anilines is 1. The van der Waals surface area contributed by atoms with Crippen LogP contribution in [0, 0.1) is 0 Å². The van der Waals surface area contributed by atoms with E-state index in [9.17, 15) is 4.39 Å². The van der Waals surface area contributed by atoms with Crippen molar-refractivity contribution in [2.24, 2.45) is 0 Å². The minimum Gasteiger partial charge on any atom is -0.399 e. The van der Waals surface area contributed by atoms with Gasteiger partial charge in [-0.25, -0.2) is 4.39 Å². The second kappa shape index (κ2) is 2.77. The number of halogens is 1. The van der Waals surface area contributed by atoms with Gasteiger partial charge in [-0.3, -0.25) is 0 Å². The van der Waals surface area contributed by atoms with Crippen molar-refractivity contribution in [1.82, 2.24) is 0 Å². The number of benzene rings is 1. The van der Waals surface area contributed by atoms with Crippen molar-refractivity contribution in [3.05, 3.63) is 29.8 Å². The van der Waals surface area contributed by atoms with Crippen LogP contribution in [0.15, 0.2) is 24.3 Å². The van der Waals surface area contributed by atoms with E-state index in [1.54, 1.807) is 0 Å². The fourth-order valence-electron chi connectivity index (χ4n) is 1.59. The number of hydrogen-bond donors (Lipinski definition) is 1. The van der Waals surface area contributed by atoms with Crippen LogP contribution >= 0.6 is 0 Å². The Hall–Kier alpha value is -1.05. The van der Waals surface area contributed by atoms with Crippen LogP contribution in [0.5, 0.6) is 0 Å². The van der Waals surface area contributed by atoms with Crippen LogP contribution < -0.4 is 5.73 Å². The maximum atomic E-state index is 12.5. The second-order valence-corrected chi connectivity index (χ2v) is 3.43. The van der Waals surface area contributed by atoms with Crippen molar-refractivity contribution < 1.29 is 4.39 Å². The molecule has 0 spiro atoms. The lowest BCUT2D eigenvalue weighted by Crippen LogP contribution is -2.22. The Kier molecular flexibility index (Phi) is 1.75. The molecule has 2 N–H and O–H groups in total. The lowest BCUT2D eigenvalue weighted by atomic mass is 9.78. The van der Waals surface area contributed by atoms with Crippen LogP contribution in [0.3, 0.4) is 0 Å². The minimum atomic E-state index is -0.576. The van der Waals surface area contributed by atoms with Gasteiger partial charge in [-0.05, 0) is 36.5 Å². The quantitative estimate of drug-likeness (QED) is 0.635. The van der Waals surface area contributed by atoms with Crippen molar-refractivity contribution in [3.8, 4) is 0 Å². The van der Waals surface area contributed by atoms with E-state index >= 15 is 0 Å². The molecule has 2 rings (SSSR count). The van der Waals surface area contributed by atoms with Gasteiger partial charge in [-0.1, -0.05) is 12.1 Å². The summed E-state index contributed by atoms with van der Waals surface area (Å²) in [5.74, 6) is 0.431. The monoisotopic (exact) mass is 165 g/mol. The zero-order valence-electron chi connectivity index (χ0n) is 6.83. The van der Waals surface area contributed by atoms with Gasteiger partial charge in [0.1, 0.15) is 6.17 Å². The molecule has 1 saturated carbocycles. The van der Waals surface area contributed by atoms with Crippen molar-refractivity contribution in [2.75, 3.05) is 5.73 Å². The second-order valence-electron chi connectivity index (χ2n) is 3.43. The predicted molar refractivity (Wildman–Crippen MR) is 47.7 cm³/mol. The van der Waals surface area contributed by atoms with E-state index in [2.05, 4.69) is 0 Å². The molecular formula is C10H12FN. The minimum absolute atomic E-state index is 0.431. The van der Waals surface area contributed by atoms with Gasteiger partial charge < -0.3 is 5.73 Å². The molecule has 1 nitrogen and oxygen atoms in total. The van der Waals surface area contributed by atoms with Gasteiger partial charge in [0.05, 0.1) is 0 Å². The third kappa shape index (κ3) is 1.29. The highest BCUT2D eigenvalue weighted by Crippen LogP contribution is 2.38. The first-order chi connectivity index (χ1) is 5.75. The zero-order chi connectivity index (χ0) is 8.55. The smallest absolute Gasteiger partial charge is 0.101 e. The van der Waals surface area contributed by atoms with Gasteiger partial charge in [0.15, 0.2) is 0 Å². The van der Waals surface area contributed by atoms with E-state index < -0.39 is 6.17 Å². The fourth-order valence-corrected chi connectivity index (χ4v) is 1.59. The largest absolute Gasteiger partial charge is 0.399 e. The van der Waals surface area contributed by atoms with Crippen molar-refractivity contribution in [3.63, 3.8) is 0 Å². The van der Waals surface area contributed by atoms with E-state index in [1.165, 1.54) is 5.56 Å². The molecule has 0 heterocycles. The standard InChI is InChI=1S/C10H12FN/c11-9-5-8(6-9)7-1-3-10(12)4-2-7/h1-4,8-9H,5-6,12H2. The van der Waals surface area contributed by atoms with Crippen LogP contribution in [0.4, 0.5) is 10.1 Å². The Morgan fingerprint density at radius 2 is 1.75 bits per heavy atom. The molecule has 0 aliphatic heterocycles. The highest BCUT2D eigenvalue weighted by atomic mass is 19.1. The summed E-state index contributed by atoms with van der Waals surface area (Å²) in [5.41, 5.74) is 7.53. The number of nitrogen functional groups attached to an aromatic ring is 1. The Labute approximate surface area is 71.4 Å². The van der Waals surface area contributed by atoms with Crippen LogP contribution in [0.25, 0.3) is 0 Å². The van der Waals surface area contributed by atoms with Gasteiger partial charge in [0.25, 0.3) is 0 Å². The molecule has 64 valence electrons. The molecule has 1 aliphatic carbocycles. The average Bonchev–Trinajstić information content (AvgIpc) is 2.01. The average molecular weight is 165 g/mol. The number of alkyl halides is 1. The molecule has 0 amide bonds. The summed E-state index contributed by atoms with van der Waals surface area (Å²) < 4.78 is 12.5. The summed E-state index contributed by atoms with van der Waals surface area (Å²) in [5, 5.41) is 0. The third-order valence-corrected chi connectivity index (χ3v) is 2.49. The number of hydrogen-bond acceptors (Lipinski definition) is 1. The van der Waals surface area contributed by atoms with Gasteiger partial charge in [0.2, 0.25) is 0 Å². The predicted octanol–water partition coefficient (Wildman–Crippen LogP) is 2.48. The van der Waals surface area contributed by atoms with E-state index in [0.29, 0.717) is 18.8 Å². The van der Waals surface area contributed by atoms with Gasteiger partial charge >= 0.3 is 0 Å². The summed E-state index contributed by atoms with van der Waals surface area (Å²) >= 11 is 0. The summed E-state index contributed by atoms with van der Waals surface area (Å²) in [6.45, 7) is 0. The number of rotatable bonds is 1. The summed E-state index contributed by atoms with van der Waals surface area (Å²) in [7, 11) is 0. The van der Waals surface area contributed by atoms with Gasteiger partial charge in [-0.15, -0.1) is 0 Å². The molecule has 2 heteroatoms. The summed E-state index contributed by atoms with van der Waals surface area (Å²) in [6, 6.07) is 7.74. The topological polar surface area (TPSA) is 26.0 Å². The van der Waals surface area contributed by atoms with E-state index in [-0.39, 0.29) is 0 Å². The van der Waals surface area contributed by atoms with Crippen molar-refractivity contribution in [2.45, 2.75) is 24.9 Å². The fraction of sp³-hybridized carbons (Fsp3) is 0.400. The van der Waals surface area contributed by atoms with Crippen LogP contribution in [0.1, 0.15) is 24.3 Å². The molecule has 0 aromatic heterocycles. The van der Waals surface area contributed by atoms with Crippen molar-refractivity contribution in [1.29, 1.82) is 0 Å². The molecule has 0 atom stereocenters. The SMILES string of the molecule is Nc1ccc(C2CC(F)C2)cc1. The van der Waals surface area contributed by atoms with E-state index in [4.69, 9.17) is 5.73 Å². The van der Waals surface area contributed by atoms with Crippen LogP contribution in [0.2, 0.25) is 0 Å². The lowest BCUT2D eigenvalue weighted by Gasteiger charge is -2.29. The maximum Gasteiger partial charge on any atom is 0.101 e. The Balaban J connectivity index is 2.09. The van der Waals surface area contributed by atoms with Gasteiger partial charge in [0, 0.05) is 5.69 Å². The first-order valence-corrected chi connectivity index (χ1v) is 4.25. The summed E-state index contributed by atoms with van der Waals surface area (Å²) in [4.78, 5) is 0. The van der Waals surface area contributed by atoms with E-state index in [1.807, 2.05) is 24.3 Å². The molecule has 1 aliphatic rings. The molecule has 0 unspecified atom stereocenters. The third-order valence-electron chi connectivity index (χ3n) is 2.49. The molecule has 0 saturated heterocycles. The Morgan fingerprint density at radius 1 is 1.17 bits per heavy atom. The highest BCUT2D eigenvalue weighted by molar-refractivity contribution is 5.40. The molecule has 1 fully saturated rings. The molecule has 1 aromatic rings. The van der Waals surface area contributed by atoms with Gasteiger partial charge in [-0.2, -0.15) is 0 Å². The van der Waals surface area contributed by atoms with E-state index in [0.717, 1.165) is 5.69 Å². The zero-order valence-corrected chi connectivity index (χ0v) is 6.83. The molecule has 0 bridgehead atoms. The lowest BCUT2D eigenvalue weighted by molar-refractivity contribution is 0.179. The maximum absolute atomic E-state index is 12.5. The van der Waals surface area contributed by atoms with Crippen LogP contribution in [-0.2, 0) is 0 Å². The number of nitrogens with two attached hydrogens (primary N) is 1. The molecule has 0 radical (unpaired) electrons. The van der Waals surface area contributed by atoms with Crippen LogP contribution in [-0.4, -0.2) is 6.17 Å². The Bertz CT molecular complexity index is 262. The van der Waals surface area contributed by atoms with Crippen molar-refractivity contribution >= 4 is 5.69 Å². The normalized spacial score (nSPS) is 28.1. The first-order valence-electron chi connectivity index (χ1n) is 4.25. The molecule has 1 aromatic carbocycles. The Morgan fingerprint density at radius 3 is 2.25 bits per heavy atom. The summed E-state index contributed by atoms with van der Waals surface area (Å²) in [6.07, 6.45) is 0.793. The first kappa shape index (κ1) is 7.59. The molecular weight excluding hydrogens is 153 g/mol. The molecule has 12 heavy (non-hydrogen) atoms. The highest BCUT2D eigenvalue weighted by Gasteiger charge is 2.29.